The highest BCUT2D eigenvalue weighted by Gasteiger charge is 2.15. The Kier molecular flexibility index (Phi) is 6.02. The van der Waals surface area contributed by atoms with Crippen LogP contribution < -0.4 is 5.32 Å². The first-order valence-electron chi connectivity index (χ1n) is 10.3. The predicted molar refractivity (Wildman–Crippen MR) is 114 cm³/mol. The van der Waals surface area contributed by atoms with Crippen LogP contribution in [0, 0.1) is 0 Å². The van der Waals surface area contributed by atoms with Crippen LogP contribution in [0.15, 0.2) is 48.7 Å². The molecule has 146 valence electrons. The van der Waals surface area contributed by atoms with Gasteiger partial charge >= 0.3 is 0 Å². The third-order valence-electron chi connectivity index (χ3n) is 5.15. The molecule has 4 rings (SSSR count). The summed E-state index contributed by atoms with van der Waals surface area (Å²) >= 11 is 0. The van der Waals surface area contributed by atoms with Crippen LogP contribution in [0.25, 0.3) is 23.0 Å². The molecule has 2 aromatic heterocycles. The monoisotopic (exact) mass is 376 g/mol. The zero-order chi connectivity index (χ0) is 19.2. The lowest BCUT2D eigenvalue weighted by atomic mass is 10.1. The molecule has 1 saturated heterocycles. The second kappa shape index (κ2) is 9.02. The average Bonchev–Trinajstić information content (AvgIpc) is 3.16. The van der Waals surface area contributed by atoms with E-state index in [1.807, 2.05) is 22.8 Å². The summed E-state index contributed by atoms with van der Waals surface area (Å²) in [6.45, 7) is 3.85. The molecule has 3 aromatic rings. The molecule has 0 amide bonds. The van der Waals surface area contributed by atoms with Crippen molar-refractivity contribution in [3.63, 3.8) is 0 Å². The van der Waals surface area contributed by atoms with E-state index in [0.29, 0.717) is 6.04 Å². The molecule has 1 N–H and O–H groups in total. The topological polar surface area (TPSA) is 51.5 Å². The average molecular weight is 377 g/mol. The quantitative estimate of drug-likeness (QED) is 0.577. The number of nitrogens with one attached hydrogen (secondary N) is 1. The number of nitrogens with zero attached hydrogens (tertiary/aromatic N) is 3. The zero-order valence-corrected chi connectivity index (χ0v) is 16.5. The van der Waals surface area contributed by atoms with Gasteiger partial charge in [0, 0.05) is 24.8 Å². The molecule has 1 aromatic carbocycles. The number of allylic oxidation sites excluding steroid dienone is 1. The third kappa shape index (κ3) is 4.42. The maximum absolute atomic E-state index is 5.44. The smallest absolute Gasteiger partial charge is 0.154 e. The van der Waals surface area contributed by atoms with Gasteiger partial charge in [-0.25, -0.2) is 9.50 Å². The number of unbranched alkanes of at least 4 members (excludes halogenated alkanes) is 2. The van der Waals surface area contributed by atoms with Crippen LogP contribution in [-0.2, 0) is 4.74 Å². The number of rotatable bonds is 7. The van der Waals surface area contributed by atoms with Gasteiger partial charge in [0.05, 0.1) is 11.9 Å². The fraction of sp³-hybridized carbons (Fsp3) is 0.391. The van der Waals surface area contributed by atoms with E-state index in [1.54, 1.807) is 0 Å². The summed E-state index contributed by atoms with van der Waals surface area (Å²) in [6, 6.07) is 13.0. The van der Waals surface area contributed by atoms with Crippen molar-refractivity contribution < 1.29 is 4.74 Å². The second-order valence-electron chi connectivity index (χ2n) is 7.33. The molecule has 0 unspecified atom stereocenters. The van der Waals surface area contributed by atoms with Gasteiger partial charge in [-0.3, -0.25) is 0 Å². The van der Waals surface area contributed by atoms with Gasteiger partial charge in [-0.2, -0.15) is 0 Å². The van der Waals surface area contributed by atoms with Crippen molar-refractivity contribution in [2.75, 3.05) is 18.5 Å². The maximum atomic E-state index is 5.44. The van der Waals surface area contributed by atoms with Crippen molar-refractivity contribution in [1.82, 2.24) is 14.6 Å². The zero-order valence-electron chi connectivity index (χ0n) is 16.5. The van der Waals surface area contributed by atoms with Gasteiger partial charge in [-0.15, -0.1) is 5.10 Å². The first-order chi connectivity index (χ1) is 13.8. The van der Waals surface area contributed by atoms with Crippen LogP contribution in [0.5, 0.6) is 0 Å². The Labute approximate surface area is 166 Å². The van der Waals surface area contributed by atoms with Crippen molar-refractivity contribution >= 4 is 17.5 Å². The number of hydrogen-bond donors (Lipinski definition) is 1. The van der Waals surface area contributed by atoms with E-state index in [0.717, 1.165) is 55.2 Å². The number of benzene rings is 1. The lowest BCUT2D eigenvalue weighted by Gasteiger charge is -2.23. The minimum atomic E-state index is 0.419. The van der Waals surface area contributed by atoms with Crippen LogP contribution in [0.2, 0.25) is 0 Å². The number of fused-ring (bicyclic) bond motifs is 1. The van der Waals surface area contributed by atoms with Crippen molar-refractivity contribution in [3.05, 3.63) is 54.2 Å². The van der Waals surface area contributed by atoms with Crippen LogP contribution in [-0.4, -0.2) is 33.9 Å². The largest absolute Gasteiger partial charge is 0.381 e. The summed E-state index contributed by atoms with van der Waals surface area (Å²) in [5, 5.41) is 8.35. The molecule has 1 aliphatic rings. The number of ether oxygens (including phenoxy) is 1. The fourth-order valence-corrected chi connectivity index (χ4v) is 3.54. The number of aromatic nitrogens is 3. The first-order valence-corrected chi connectivity index (χ1v) is 10.3. The molecule has 0 radical (unpaired) electrons. The standard InChI is InChI=1S/C23H28N4O/c1-2-3-4-5-7-18-8-6-9-19(16-18)21-17-24-23-11-10-22(26-27(21)23)25-20-12-14-28-15-13-20/h5-11,16-17,20H,2-4,12-15H2,1H3,(H,25,26). The minimum Gasteiger partial charge on any atom is -0.381 e. The molecule has 5 heteroatoms. The van der Waals surface area contributed by atoms with Gasteiger partial charge in [-0.1, -0.05) is 50.1 Å². The molecule has 0 spiro atoms. The molecular weight excluding hydrogens is 348 g/mol. The Morgan fingerprint density at radius 2 is 2.11 bits per heavy atom. The summed E-state index contributed by atoms with van der Waals surface area (Å²) in [6.07, 6.45) is 12.0. The summed E-state index contributed by atoms with van der Waals surface area (Å²) in [5.74, 6) is 0.884. The van der Waals surface area contributed by atoms with Gasteiger partial charge in [0.1, 0.15) is 5.82 Å². The normalized spacial score (nSPS) is 15.5. The van der Waals surface area contributed by atoms with Crippen molar-refractivity contribution in [3.8, 4) is 11.3 Å². The molecule has 28 heavy (non-hydrogen) atoms. The summed E-state index contributed by atoms with van der Waals surface area (Å²) in [4.78, 5) is 4.53. The summed E-state index contributed by atoms with van der Waals surface area (Å²) < 4.78 is 7.38. The molecule has 5 nitrogen and oxygen atoms in total. The molecule has 0 saturated carbocycles. The van der Waals surface area contributed by atoms with Crippen molar-refractivity contribution in [2.24, 2.45) is 0 Å². The van der Waals surface area contributed by atoms with Crippen LogP contribution in [0.3, 0.4) is 0 Å². The molecule has 0 bridgehead atoms. The van der Waals surface area contributed by atoms with Gasteiger partial charge in [0.15, 0.2) is 5.65 Å². The van der Waals surface area contributed by atoms with Gasteiger partial charge < -0.3 is 10.1 Å². The van der Waals surface area contributed by atoms with E-state index in [-0.39, 0.29) is 0 Å². The maximum Gasteiger partial charge on any atom is 0.154 e. The summed E-state index contributed by atoms with van der Waals surface area (Å²) in [7, 11) is 0. The minimum absolute atomic E-state index is 0.419. The van der Waals surface area contributed by atoms with E-state index in [9.17, 15) is 0 Å². The highest BCUT2D eigenvalue weighted by atomic mass is 16.5. The summed E-state index contributed by atoms with van der Waals surface area (Å²) in [5.41, 5.74) is 4.20. The SMILES string of the molecule is CCCCC=Cc1cccc(-c2cnc3ccc(NC4CCOCC4)nn23)c1. The lowest BCUT2D eigenvalue weighted by molar-refractivity contribution is 0.0903. The Hall–Kier alpha value is -2.66. The first kappa shape index (κ1) is 18.7. The van der Waals surface area contributed by atoms with Gasteiger partial charge in [0.2, 0.25) is 0 Å². The predicted octanol–water partition coefficient (Wildman–Crippen LogP) is 5.19. The Balaban J connectivity index is 1.58. The second-order valence-corrected chi connectivity index (χ2v) is 7.33. The number of anilines is 1. The Bertz CT molecular complexity index is 941. The van der Waals surface area contributed by atoms with E-state index in [2.05, 4.69) is 53.6 Å². The van der Waals surface area contributed by atoms with Crippen LogP contribution in [0.4, 0.5) is 5.82 Å². The number of hydrogen-bond acceptors (Lipinski definition) is 4. The van der Waals surface area contributed by atoms with Crippen molar-refractivity contribution in [2.45, 2.75) is 45.1 Å². The van der Waals surface area contributed by atoms with Crippen LogP contribution in [0.1, 0.15) is 44.6 Å². The molecule has 0 atom stereocenters. The highest BCUT2D eigenvalue weighted by Crippen LogP contribution is 2.23. The highest BCUT2D eigenvalue weighted by molar-refractivity contribution is 5.67. The Morgan fingerprint density at radius 1 is 1.21 bits per heavy atom. The molecule has 3 heterocycles. The Morgan fingerprint density at radius 3 is 2.96 bits per heavy atom. The molecule has 0 aliphatic carbocycles. The molecular formula is C23H28N4O. The van der Waals surface area contributed by atoms with Crippen LogP contribution >= 0.6 is 0 Å². The van der Waals surface area contributed by atoms with Crippen molar-refractivity contribution in [1.29, 1.82) is 0 Å². The van der Waals surface area contributed by atoms with Gasteiger partial charge in [-0.05, 0) is 43.0 Å². The van der Waals surface area contributed by atoms with E-state index >= 15 is 0 Å². The fourth-order valence-electron chi connectivity index (χ4n) is 3.54. The van der Waals surface area contributed by atoms with Gasteiger partial charge in [0.25, 0.3) is 0 Å². The molecule has 1 aliphatic heterocycles. The van der Waals surface area contributed by atoms with E-state index < -0.39 is 0 Å². The van der Waals surface area contributed by atoms with E-state index in [4.69, 9.17) is 9.84 Å². The molecule has 1 fully saturated rings. The van der Waals surface area contributed by atoms with E-state index in [1.165, 1.54) is 18.4 Å². The third-order valence-corrected chi connectivity index (χ3v) is 5.15. The lowest BCUT2D eigenvalue weighted by Crippen LogP contribution is -2.28. The number of imidazole rings is 1.